The van der Waals surface area contributed by atoms with Crippen molar-refractivity contribution in [3.63, 3.8) is 0 Å². The van der Waals surface area contributed by atoms with Gasteiger partial charge in [-0.25, -0.2) is 0 Å². The average molecular weight is 195 g/mol. The molecule has 0 spiro atoms. The number of hydrogen-bond donors (Lipinski definition) is 2. The number of anilines is 1. The van der Waals surface area contributed by atoms with Crippen LogP contribution in [0.5, 0.6) is 5.75 Å². The van der Waals surface area contributed by atoms with Crippen LogP contribution in [0.1, 0.15) is 13.3 Å². The van der Waals surface area contributed by atoms with Crippen molar-refractivity contribution in [1.82, 2.24) is 0 Å². The van der Waals surface area contributed by atoms with E-state index in [9.17, 15) is 5.11 Å². The van der Waals surface area contributed by atoms with Gasteiger partial charge in [0.1, 0.15) is 12.4 Å². The molecule has 0 radical (unpaired) electrons. The number of rotatable bonds is 5. The minimum absolute atomic E-state index is 0.357. The van der Waals surface area contributed by atoms with Crippen LogP contribution in [0.2, 0.25) is 0 Å². The van der Waals surface area contributed by atoms with Gasteiger partial charge in [-0.05, 0) is 30.7 Å². The van der Waals surface area contributed by atoms with Gasteiger partial charge < -0.3 is 15.2 Å². The minimum atomic E-state index is -0.376. The third-order valence-electron chi connectivity index (χ3n) is 2.06. The monoisotopic (exact) mass is 195 g/mol. The van der Waals surface area contributed by atoms with Gasteiger partial charge in [-0.15, -0.1) is 0 Å². The molecule has 78 valence electrons. The summed E-state index contributed by atoms with van der Waals surface area (Å²) in [5.74, 6) is 0.788. The molecule has 0 saturated heterocycles. The van der Waals surface area contributed by atoms with Gasteiger partial charge in [-0.3, -0.25) is 0 Å². The van der Waals surface area contributed by atoms with E-state index in [0.717, 1.165) is 11.4 Å². The second-order valence-electron chi connectivity index (χ2n) is 3.15. The van der Waals surface area contributed by atoms with Gasteiger partial charge >= 0.3 is 0 Å². The highest BCUT2D eigenvalue weighted by molar-refractivity contribution is 5.45. The van der Waals surface area contributed by atoms with Crippen molar-refractivity contribution in [2.75, 3.05) is 19.0 Å². The summed E-state index contributed by atoms with van der Waals surface area (Å²) in [5, 5.41) is 12.3. The molecule has 3 heteroatoms. The van der Waals surface area contributed by atoms with Crippen LogP contribution in [0.4, 0.5) is 5.69 Å². The van der Waals surface area contributed by atoms with Gasteiger partial charge in [0.05, 0.1) is 6.10 Å². The van der Waals surface area contributed by atoms with Crippen LogP contribution in [0, 0.1) is 0 Å². The Morgan fingerprint density at radius 3 is 2.50 bits per heavy atom. The van der Waals surface area contributed by atoms with Crippen LogP contribution in [0.25, 0.3) is 0 Å². The fourth-order valence-corrected chi connectivity index (χ4v) is 1.03. The zero-order chi connectivity index (χ0) is 10.4. The Morgan fingerprint density at radius 1 is 1.36 bits per heavy atom. The Morgan fingerprint density at radius 2 is 2.00 bits per heavy atom. The van der Waals surface area contributed by atoms with E-state index < -0.39 is 0 Å². The number of hydrogen-bond acceptors (Lipinski definition) is 3. The molecule has 0 amide bonds. The topological polar surface area (TPSA) is 41.5 Å². The molecule has 3 nitrogen and oxygen atoms in total. The highest BCUT2D eigenvalue weighted by Gasteiger charge is 2.01. The molecule has 0 aliphatic rings. The fourth-order valence-electron chi connectivity index (χ4n) is 1.03. The number of aliphatic hydroxyl groups is 1. The second-order valence-corrected chi connectivity index (χ2v) is 3.15. The summed E-state index contributed by atoms with van der Waals surface area (Å²) in [6.45, 7) is 2.29. The van der Waals surface area contributed by atoms with E-state index in [4.69, 9.17) is 4.74 Å². The normalized spacial score (nSPS) is 12.2. The Kier molecular flexibility index (Phi) is 4.26. The number of benzene rings is 1. The lowest BCUT2D eigenvalue weighted by Crippen LogP contribution is -2.15. The van der Waals surface area contributed by atoms with Gasteiger partial charge in [-0.2, -0.15) is 0 Å². The van der Waals surface area contributed by atoms with E-state index in [1.165, 1.54) is 0 Å². The summed E-state index contributed by atoms with van der Waals surface area (Å²) in [7, 11) is 1.87. The molecule has 0 aliphatic heterocycles. The maximum absolute atomic E-state index is 9.28. The molecular formula is C11H17NO2. The number of nitrogens with one attached hydrogen (secondary N) is 1. The van der Waals surface area contributed by atoms with Crippen molar-refractivity contribution < 1.29 is 9.84 Å². The van der Waals surface area contributed by atoms with Crippen molar-refractivity contribution >= 4 is 5.69 Å². The first-order valence-electron chi connectivity index (χ1n) is 4.85. The highest BCUT2D eigenvalue weighted by atomic mass is 16.5. The third-order valence-corrected chi connectivity index (χ3v) is 2.06. The fraction of sp³-hybridized carbons (Fsp3) is 0.455. The molecule has 0 saturated carbocycles. The Bertz CT molecular complexity index is 258. The zero-order valence-electron chi connectivity index (χ0n) is 8.66. The van der Waals surface area contributed by atoms with Gasteiger partial charge in [0.25, 0.3) is 0 Å². The van der Waals surface area contributed by atoms with E-state index in [2.05, 4.69) is 5.32 Å². The van der Waals surface area contributed by atoms with Gasteiger partial charge in [0, 0.05) is 12.7 Å². The largest absolute Gasteiger partial charge is 0.491 e. The predicted molar refractivity (Wildman–Crippen MR) is 57.8 cm³/mol. The van der Waals surface area contributed by atoms with E-state index >= 15 is 0 Å². The van der Waals surface area contributed by atoms with Crippen LogP contribution >= 0.6 is 0 Å². The molecular weight excluding hydrogens is 178 g/mol. The third kappa shape index (κ3) is 3.26. The van der Waals surface area contributed by atoms with Crippen LogP contribution in [-0.4, -0.2) is 24.9 Å². The first-order valence-corrected chi connectivity index (χ1v) is 4.85. The number of aliphatic hydroxyl groups excluding tert-OH is 1. The summed E-state index contributed by atoms with van der Waals surface area (Å²) < 4.78 is 5.38. The van der Waals surface area contributed by atoms with Crippen molar-refractivity contribution in [2.45, 2.75) is 19.4 Å². The van der Waals surface area contributed by atoms with E-state index in [0.29, 0.717) is 13.0 Å². The predicted octanol–water partition coefficient (Wildman–Crippen LogP) is 1.88. The van der Waals surface area contributed by atoms with Crippen molar-refractivity contribution in [2.24, 2.45) is 0 Å². The standard InChI is InChI=1S/C11H17NO2/c1-3-10(13)8-14-11-6-4-9(12-2)5-7-11/h4-7,10,12-13H,3,8H2,1-2H3. The minimum Gasteiger partial charge on any atom is -0.491 e. The zero-order valence-corrected chi connectivity index (χ0v) is 8.66. The lowest BCUT2D eigenvalue weighted by molar-refractivity contribution is 0.104. The molecule has 1 atom stereocenters. The Balaban J connectivity index is 2.43. The molecule has 1 aromatic rings. The maximum atomic E-state index is 9.28. The molecule has 2 N–H and O–H groups in total. The summed E-state index contributed by atoms with van der Waals surface area (Å²) in [5.41, 5.74) is 1.05. The average Bonchev–Trinajstić information content (AvgIpc) is 2.26. The van der Waals surface area contributed by atoms with E-state index in [1.54, 1.807) is 0 Å². The van der Waals surface area contributed by atoms with E-state index in [-0.39, 0.29) is 6.10 Å². The Labute approximate surface area is 84.7 Å². The molecule has 0 fully saturated rings. The first-order chi connectivity index (χ1) is 6.76. The van der Waals surface area contributed by atoms with Crippen molar-refractivity contribution in [1.29, 1.82) is 0 Å². The quantitative estimate of drug-likeness (QED) is 0.753. The molecule has 1 aromatic carbocycles. The molecule has 0 aromatic heterocycles. The van der Waals surface area contributed by atoms with Crippen LogP contribution in [0.15, 0.2) is 24.3 Å². The molecule has 0 bridgehead atoms. The smallest absolute Gasteiger partial charge is 0.119 e. The summed E-state index contributed by atoms with van der Waals surface area (Å²) in [6.07, 6.45) is 0.341. The van der Waals surface area contributed by atoms with Crippen molar-refractivity contribution in [3.05, 3.63) is 24.3 Å². The molecule has 1 rings (SSSR count). The van der Waals surface area contributed by atoms with Crippen LogP contribution in [0.3, 0.4) is 0 Å². The molecule has 1 unspecified atom stereocenters. The lowest BCUT2D eigenvalue weighted by atomic mass is 10.3. The first kappa shape index (κ1) is 10.9. The SMILES string of the molecule is CCC(O)COc1ccc(NC)cc1. The number of ether oxygens (including phenoxy) is 1. The van der Waals surface area contributed by atoms with Gasteiger partial charge in [0.2, 0.25) is 0 Å². The summed E-state index contributed by atoms with van der Waals surface area (Å²) in [6, 6.07) is 7.64. The lowest BCUT2D eigenvalue weighted by Gasteiger charge is -2.10. The van der Waals surface area contributed by atoms with Gasteiger partial charge in [-0.1, -0.05) is 6.92 Å². The second kappa shape index (κ2) is 5.50. The molecule has 0 aliphatic carbocycles. The van der Waals surface area contributed by atoms with Crippen LogP contribution in [-0.2, 0) is 0 Å². The Hall–Kier alpha value is -1.22. The van der Waals surface area contributed by atoms with Crippen molar-refractivity contribution in [3.8, 4) is 5.75 Å². The van der Waals surface area contributed by atoms with E-state index in [1.807, 2.05) is 38.2 Å². The van der Waals surface area contributed by atoms with Crippen LogP contribution < -0.4 is 10.1 Å². The molecule has 0 heterocycles. The summed E-state index contributed by atoms with van der Waals surface area (Å²) in [4.78, 5) is 0. The molecule has 14 heavy (non-hydrogen) atoms. The highest BCUT2D eigenvalue weighted by Crippen LogP contribution is 2.15. The maximum Gasteiger partial charge on any atom is 0.119 e. The summed E-state index contributed by atoms with van der Waals surface area (Å²) >= 11 is 0. The van der Waals surface area contributed by atoms with Gasteiger partial charge in [0.15, 0.2) is 0 Å².